The molecule has 0 aliphatic heterocycles. The standard InChI is InChI=1S/C16H20N4O2S/c1-10(2)18-15(21)11-5-3-4-6-12(11)20-16(22)13-9-23-14(19-13)7-8-17/h3-6,9-10H,7-8,17H2,1-2H3,(H,18,21)(H,20,22). The molecule has 0 saturated heterocycles. The molecule has 0 bridgehead atoms. The Hall–Kier alpha value is -2.25. The van der Waals surface area contributed by atoms with E-state index < -0.39 is 0 Å². The summed E-state index contributed by atoms with van der Waals surface area (Å²) in [6, 6.07) is 6.91. The summed E-state index contributed by atoms with van der Waals surface area (Å²) in [5, 5.41) is 8.08. The third-order valence-electron chi connectivity index (χ3n) is 2.98. The van der Waals surface area contributed by atoms with Gasteiger partial charge in [-0.05, 0) is 32.5 Å². The molecule has 1 aromatic heterocycles. The first-order chi connectivity index (χ1) is 11.0. The molecule has 0 aliphatic rings. The van der Waals surface area contributed by atoms with E-state index in [1.54, 1.807) is 29.6 Å². The summed E-state index contributed by atoms with van der Waals surface area (Å²) in [5.74, 6) is -0.563. The van der Waals surface area contributed by atoms with Gasteiger partial charge in [-0.3, -0.25) is 9.59 Å². The van der Waals surface area contributed by atoms with Crippen LogP contribution >= 0.6 is 11.3 Å². The number of nitrogens with two attached hydrogens (primary N) is 1. The van der Waals surface area contributed by atoms with Crippen LogP contribution in [0.25, 0.3) is 0 Å². The molecule has 2 aromatic rings. The average Bonchev–Trinajstić information content (AvgIpc) is 2.96. The SMILES string of the molecule is CC(C)NC(=O)c1ccccc1NC(=O)c1csc(CCN)n1. The Morgan fingerprint density at radius 2 is 2.00 bits per heavy atom. The van der Waals surface area contributed by atoms with Gasteiger partial charge >= 0.3 is 0 Å². The second kappa shape index (κ2) is 7.85. The van der Waals surface area contributed by atoms with Crippen LogP contribution in [0.2, 0.25) is 0 Å². The molecule has 1 aromatic carbocycles. The summed E-state index contributed by atoms with van der Waals surface area (Å²) < 4.78 is 0. The van der Waals surface area contributed by atoms with Crippen molar-refractivity contribution in [3.63, 3.8) is 0 Å². The first kappa shape index (κ1) is 17.1. The number of benzene rings is 1. The van der Waals surface area contributed by atoms with E-state index in [9.17, 15) is 9.59 Å². The van der Waals surface area contributed by atoms with Gasteiger partial charge in [0, 0.05) is 17.8 Å². The zero-order chi connectivity index (χ0) is 16.8. The number of carbonyl (C=O) groups excluding carboxylic acids is 2. The highest BCUT2D eigenvalue weighted by Crippen LogP contribution is 2.17. The van der Waals surface area contributed by atoms with Gasteiger partial charge in [0.05, 0.1) is 16.3 Å². The smallest absolute Gasteiger partial charge is 0.275 e. The fourth-order valence-electron chi connectivity index (χ4n) is 1.97. The molecule has 0 aliphatic carbocycles. The fourth-order valence-corrected chi connectivity index (χ4v) is 2.76. The Kier molecular flexibility index (Phi) is 5.84. The normalized spacial score (nSPS) is 10.6. The number of hydrogen-bond donors (Lipinski definition) is 3. The number of rotatable bonds is 6. The molecular formula is C16H20N4O2S. The molecule has 4 N–H and O–H groups in total. The molecule has 23 heavy (non-hydrogen) atoms. The summed E-state index contributed by atoms with van der Waals surface area (Å²) in [6.07, 6.45) is 0.644. The number of carbonyl (C=O) groups is 2. The third-order valence-corrected chi connectivity index (χ3v) is 3.89. The number of anilines is 1. The van der Waals surface area contributed by atoms with Crippen LogP contribution in [0.15, 0.2) is 29.6 Å². The zero-order valence-electron chi connectivity index (χ0n) is 13.1. The predicted molar refractivity (Wildman–Crippen MR) is 91.9 cm³/mol. The van der Waals surface area contributed by atoms with E-state index in [4.69, 9.17) is 5.73 Å². The van der Waals surface area contributed by atoms with E-state index in [-0.39, 0.29) is 17.9 Å². The van der Waals surface area contributed by atoms with Gasteiger partial charge in [-0.25, -0.2) is 4.98 Å². The summed E-state index contributed by atoms with van der Waals surface area (Å²) in [6.45, 7) is 4.26. The second-order valence-electron chi connectivity index (χ2n) is 5.29. The molecule has 7 heteroatoms. The van der Waals surface area contributed by atoms with Crippen molar-refractivity contribution in [1.82, 2.24) is 10.3 Å². The number of para-hydroxylation sites is 1. The van der Waals surface area contributed by atoms with Gasteiger partial charge < -0.3 is 16.4 Å². The molecule has 122 valence electrons. The molecule has 1 heterocycles. The highest BCUT2D eigenvalue weighted by Gasteiger charge is 2.16. The number of nitrogens with one attached hydrogen (secondary N) is 2. The summed E-state index contributed by atoms with van der Waals surface area (Å²) in [5.41, 5.74) is 6.70. The Morgan fingerprint density at radius 3 is 2.70 bits per heavy atom. The minimum Gasteiger partial charge on any atom is -0.350 e. The van der Waals surface area contributed by atoms with Crippen LogP contribution in [0.1, 0.15) is 39.7 Å². The fraction of sp³-hybridized carbons (Fsp3) is 0.312. The number of hydrogen-bond acceptors (Lipinski definition) is 5. The third kappa shape index (κ3) is 4.61. The van der Waals surface area contributed by atoms with Crippen molar-refractivity contribution in [2.75, 3.05) is 11.9 Å². The van der Waals surface area contributed by atoms with E-state index in [0.717, 1.165) is 5.01 Å². The maximum absolute atomic E-state index is 12.3. The van der Waals surface area contributed by atoms with Gasteiger partial charge in [0.25, 0.3) is 11.8 Å². The van der Waals surface area contributed by atoms with Gasteiger partial charge in [-0.1, -0.05) is 12.1 Å². The molecule has 0 atom stereocenters. The molecular weight excluding hydrogens is 312 g/mol. The maximum Gasteiger partial charge on any atom is 0.275 e. The molecule has 0 saturated carbocycles. The number of amides is 2. The molecule has 2 rings (SSSR count). The quantitative estimate of drug-likeness (QED) is 0.754. The van der Waals surface area contributed by atoms with Crippen LogP contribution in [0.4, 0.5) is 5.69 Å². The summed E-state index contributed by atoms with van der Waals surface area (Å²) in [7, 11) is 0. The van der Waals surface area contributed by atoms with Gasteiger partial charge in [0.15, 0.2) is 0 Å². The van der Waals surface area contributed by atoms with E-state index in [1.807, 2.05) is 13.8 Å². The number of thiazole rings is 1. The van der Waals surface area contributed by atoms with Gasteiger partial charge in [-0.2, -0.15) is 0 Å². The molecule has 2 amide bonds. The monoisotopic (exact) mass is 332 g/mol. The highest BCUT2D eigenvalue weighted by molar-refractivity contribution is 7.09. The zero-order valence-corrected chi connectivity index (χ0v) is 13.9. The van der Waals surface area contributed by atoms with Crippen molar-refractivity contribution in [3.8, 4) is 0 Å². The van der Waals surface area contributed by atoms with Crippen molar-refractivity contribution >= 4 is 28.8 Å². The first-order valence-electron chi connectivity index (χ1n) is 7.37. The largest absolute Gasteiger partial charge is 0.350 e. The van der Waals surface area contributed by atoms with Crippen molar-refractivity contribution in [3.05, 3.63) is 45.9 Å². The summed E-state index contributed by atoms with van der Waals surface area (Å²) in [4.78, 5) is 28.7. The molecule has 6 nitrogen and oxygen atoms in total. The van der Waals surface area contributed by atoms with Crippen molar-refractivity contribution in [2.24, 2.45) is 5.73 Å². The van der Waals surface area contributed by atoms with Crippen molar-refractivity contribution < 1.29 is 9.59 Å². The van der Waals surface area contributed by atoms with Crippen LogP contribution in [0.5, 0.6) is 0 Å². The topological polar surface area (TPSA) is 97.1 Å². The van der Waals surface area contributed by atoms with Crippen LogP contribution < -0.4 is 16.4 Å². The minimum atomic E-state index is -0.339. The second-order valence-corrected chi connectivity index (χ2v) is 6.24. The molecule has 0 spiro atoms. The van der Waals surface area contributed by atoms with Crippen LogP contribution in [0, 0.1) is 0 Å². The lowest BCUT2D eigenvalue weighted by atomic mass is 10.1. The Labute approximate surface area is 139 Å². The summed E-state index contributed by atoms with van der Waals surface area (Å²) >= 11 is 1.40. The van der Waals surface area contributed by atoms with E-state index in [0.29, 0.717) is 29.9 Å². The first-order valence-corrected chi connectivity index (χ1v) is 8.25. The molecule has 0 unspecified atom stereocenters. The van der Waals surface area contributed by atoms with Crippen molar-refractivity contribution in [1.29, 1.82) is 0 Å². The van der Waals surface area contributed by atoms with Gasteiger partial charge in [-0.15, -0.1) is 11.3 Å². The Morgan fingerprint density at radius 1 is 1.26 bits per heavy atom. The van der Waals surface area contributed by atoms with Crippen LogP contribution in [-0.4, -0.2) is 29.4 Å². The van der Waals surface area contributed by atoms with E-state index >= 15 is 0 Å². The van der Waals surface area contributed by atoms with Crippen LogP contribution in [0.3, 0.4) is 0 Å². The molecule has 0 radical (unpaired) electrons. The average molecular weight is 332 g/mol. The number of nitrogens with zero attached hydrogens (tertiary/aromatic N) is 1. The lowest BCUT2D eigenvalue weighted by Crippen LogP contribution is -2.31. The van der Waals surface area contributed by atoms with Gasteiger partial charge in [0.2, 0.25) is 0 Å². The van der Waals surface area contributed by atoms with Gasteiger partial charge in [0.1, 0.15) is 5.69 Å². The lowest BCUT2D eigenvalue weighted by Gasteiger charge is -2.12. The lowest BCUT2D eigenvalue weighted by molar-refractivity contribution is 0.0944. The predicted octanol–water partition coefficient (Wildman–Crippen LogP) is 2.03. The van der Waals surface area contributed by atoms with E-state index in [1.165, 1.54) is 11.3 Å². The molecule has 0 fully saturated rings. The van der Waals surface area contributed by atoms with Crippen molar-refractivity contribution in [2.45, 2.75) is 26.3 Å². The van der Waals surface area contributed by atoms with E-state index in [2.05, 4.69) is 15.6 Å². The minimum absolute atomic E-state index is 0.0172. The number of aromatic nitrogens is 1. The highest BCUT2D eigenvalue weighted by atomic mass is 32.1. The maximum atomic E-state index is 12.3. The Bertz CT molecular complexity index is 697. The Balaban J connectivity index is 2.15. The van der Waals surface area contributed by atoms with Crippen LogP contribution in [-0.2, 0) is 6.42 Å².